The molecule has 2 aromatic carbocycles. The van der Waals surface area contributed by atoms with Crippen molar-refractivity contribution in [3.63, 3.8) is 0 Å². The van der Waals surface area contributed by atoms with E-state index in [2.05, 4.69) is 5.16 Å². The van der Waals surface area contributed by atoms with Gasteiger partial charge in [0.1, 0.15) is 10.6 Å². The Balaban J connectivity index is 1.79. The fourth-order valence-corrected chi connectivity index (χ4v) is 3.59. The van der Waals surface area contributed by atoms with Crippen molar-refractivity contribution < 1.29 is 27.0 Å². The van der Waals surface area contributed by atoms with Crippen LogP contribution in [0, 0.1) is 34.1 Å². The molecular formula is C19H15N3O8S. The molecule has 1 aromatic heterocycles. The number of rotatable bonds is 7. The first-order valence-electron chi connectivity index (χ1n) is 8.67. The molecule has 0 unspecified atom stereocenters. The largest absolute Gasteiger partial charge is 0.379 e. The predicted molar refractivity (Wildman–Crippen MR) is 109 cm³/mol. The van der Waals surface area contributed by atoms with Gasteiger partial charge < -0.3 is 8.71 Å². The maximum atomic E-state index is 12.4. The van der Waals surface area contributed by atoms with E-state index < -0.39 is 20.0 Å². The molecule has 0 amide bonds. The summed E-state index contributed by atoms with van der Waals surface area (Å²) in [7, 11) is -4.29. The second-order valence-electron chi connectivity index (χ2n) is 6.38. The fraction of sp³-hybridized carbons (Fsp3) is 0.105. The van der Waals surface area contributed by atoms with Gasteiger partial charge in [0.15, 0.2) is 5.69 Å². The van der Waals surface area contributed by atoms with E-state index in [0.717, 1.165) is 6.07 Å². The Morgan fingerprint density at radius 3 is 2.29 bits per heavy atom. The van der Waals surface area contributed by atoms with Gasteiger partial charge in [0.2, 0.25) is 5.76 Å². The van der Waals surface area contributed by atoms with Gasteiger partial charge in [-0.15, -0.1) is 0 Å². The van der Waals surface area contributed by atoms with E-state index >= 15 is 0 Å². The first-order valence-corrected chi connectivity index (χ1v) is 10.1. The Hall–Kier alpha value is -4.06. The lowest BCUT2D eigenvalue weighted by molar-refractivity contribution is -0.386. The monoisotopic (exact) mass is 445 g/mol. The van der Waals surface area contributed by atoms with Gasteiger partial charge in [-0.3, -0.25) is 20.2 Å². The standard InChI is InChI=1S/C19H15N3O8S/c1-12-3-9-16(11-17(12)21(23)24)31(27,28)30-15-7-4-14(5-8-15)6-10-18-19(22(25)26)13(2)20-29-18/h3-11H,1-2H3. The summed E-state index contributed by atoms with van der Waals surface area (Å²) in [5, 5.41) is 25.6. The van der Waals surface area contributed by atoms with Crippen molar-refractivity contribution in [2.24, 2.45) is 0 Å². The molecule has 11 nitrogen and oxygen atoms in total. The summed E-state index contributed by atoms with van der Waals surface area (Å²) in [5.74, 6) is -0.0340. The van der Waals surface area contributed by atoms with Crippen molar-refractivity contribution in [2.75, 3.05) is 0 Å². The minimum absolute atomic E-state index is 0.0122. The molecule has 0 aliphatic carbocycles. The van der Waals surface area contributed by atoms with Crippen molar-refractivity contribution in [1.29, 1.82) is 0 Å². The zero-order valence-corrected chi connectivity index (χ0v) is 17.0. The highest BCUT2D eigenvalue weighted by Crippen LogP contribution is 2.27. The summed E-state index contributed by atoms with van der Waals surface area (Å²) in [6.45, 7) is 2.95. The SMILES string of the molecule is Cc1ccc(S(=O)(=O)Oc2ccc(C=Cc3onc(C)c3[N+](=O)[O-])cc2)cc1[N+](=O)[O-]. The predicted octanol–water partition coefficient (Wildman–Crippen LogP) is 4.05. The maximum Gasteiger partial charge on any atom is 0.339 e. The van der Waals surface area contributed by atoms with Crippen LogP contribution in [-0.4, -0.2) is 23.4 Å². The lowest BCUT2D eigenvalue weighted by atomic mass is 10.2. The van der Waals surface area contributed by atoms with E-state index in [1.165, 1.54) is 62.4 Å². The molecular weight excluding hydrogens is 430 g/mol. The Kier molecular flexibility index (Phi) is 5.83. The Morgan fingerprint density at radius 2 is 1.68 bits per heavy atom. The second-order valence-corrected chi connectivity index (χ2v) is 7.93. The molecule has 0 radical (unpaired) electrons. The van der Waals surface area contributed by atoms with E-state index in [1.54, 1.807) is 0 Å². The highest BCUT2D eigenvalue weighted by Gasteiger charge is 2.23. The first-order chi connectivity index (χ1) is 14.6. The number of benzene rings is 2. The first kappa shape index (κ1) is 21.6. The lowest BCUT2D eigenvalue weighted by Crippen LogP contribution is -2.10. The van der Waals surface area contributed by atoms with Crippen LogP contribution >= 0.6 is 0 Å². The molecule has 0 atom stereocenters. The molecule has 0 saturated heterocycles. The number of aryl methyl sites for hydroxylation is 2. The van der Waals surface area contributed by atoms with Crippen molar-refractivity contribution in [2.45, 2.75) is 18.7 Å². The van der Waals surface area contributed by atoms with Crippen molar-refractivity contribution in [3.05, 3.63) is 85.3 Å². The molecule has 3 aromatic rings. The summed E-state index contributed by atoms with van der Waals surface area (Å²) in [6, 6.07) is 9.28. The molecule has 0 aliphatic rings. The molecule has 3 rings (SSSR count). The Morgan fingerprint density at radius 1 is 1.00 bits per heavy atom. The van der Waals surface area contributed by atoms with Crippen LogP contribution in [-0.2, 0) is 10.1 Å². The van der Waals surface area contributed by atoms with E-state index in [1.807, 2.05) is 0 Å². The molecule has 1 heterocycles. The van der Waals surface area contributed by atoms with Crippen LogP contribution in [0.25, 0.3) is 12.2 Å². The van der Waals surface area contributed by atoms with Crippen LogP contribution in [0.4, 0.5) is 11.4 Å². The van der Waals surface area contributed by atoms with Crippen LogP contribution in [0.5, 0.6) is 5.75 Å². The number of nitrogens with zero attached hydrogens (tertiary/aromatic N) is 3. The van der Waals surface area contributed by atoms with Crippen LogP contribution in [0.1, 0.15) is 22.6 Å². The van der Waals surface area contributed by atoms with E-state index in [4.69, 9.17) is 8.71 Å². The molecule has 0 bridgehead atoms. The summed E-state index contributed by atoms with van der Waals surface area (Å²) in [4.78, 5) is 20.5. The zero-order chi connectivity index (χ0) is 22.8. The highest BCUT2D eigenvalue weighted by molar-refractivity contribution is 7.87. The van der Waals surface area contributed by atoms with E-state index in [9.17, 15) is 28.6 Å². The van der Waals surface area contributed by atoms with Crippen LogP contribution in [0.15, 0.2) is 51.9 Å². The summed E-state index contributed by atoms with van der Waals surface area (Å²) in [6.07, 6.45) is 2.89. The summed E-state index contributed by atoms with van der Waals surface area (Å²) >= 11 is 0. The van der Waals surface area contributed by atoms with Crippen LogP contribution in [0.2, 0.25) is 0 Å². The molecule has 0 fully saturated rings. The van der Waals surface area contributed by atoms with Gasteiger partial charge in [-0.05, 0) is 43.7 Å². The van der Waals surface area contributed by atoms with Gasteiger partial charge in [0, 0.05) is 11.6 Å². The van der Waals surface area contributed by atoms with Crippen LogP contribution < -0.4 is 4.18 Å². The highest BCUT2D eigenvalue weighted by atomic mass is 32.2. The maximum absolute atomic E-state index is 12.4. The molecule has 0 aliphatic heterocycles. The molecule has 31 heavy (non-hydrogen) atoms. The van der Waals surface area contributed by atoms with Crippen molar-refractivity contribution in [1.82, 2.24) is 5.16 Å². The van der Waals surface area contributed by atoms with Gasteiger partial charge in [-0.2, -0.15) is 8.42 Å². The lowest BCUT2D eigenvalue weighted by Gasteiger charge is -2.08. The third-order valence-corrected chi connectivity index (χ3v) is 5.46. The minimum atomic E-state index is -4.29. The Labute approximate surface area is 176 Å². The number of nitro benzene ring substituents is 1. The van der Waals surface area contributed by atoms with Gasteiger partial charge in [-0.1, -0.05) is 29.4 Å². The summed E-state index contributed by atoms with van der Waals surface area (Å²) < 4.78 is 34.9. The molecule has 0 spiro atoms. The smallest absolute Gasteiger partial charge is 0.339 e. The van der Waals surface area contributed by atoms with Crippen molar-refractivity contribution in [3.8, 4) is 5.75 Å². The Bertz CT molecular complexity index is 1290. The van der Waals surface area contributed by atoms with Crippen LogP contribution in [0.3, 0.4) is 0 Å². The number of nitro groups is 2. The van der Waals surface area contributed by atoms with Gasteiger partial charge in [0.05, 0.1) is 9.85 Å². The fourth-order valence-electron chi connectivity index (χ4n) is 2.64. The van der Waals surface area contributed by atoms with Gasteiger partial charge in [0.25, 0.3) is 5.69 Å². The van der Waals surface area contributed by atoms with E-state index in [-0.39, 0.29) is 33.5 Å². The minimum Gasteiger partial charge on any atom is -0.379 e. The number of aromatic nitrogens is 1. The molecule has 160 valence electrons. The third kappa shape index (κ3) is 4.75. The number of hydrogen-bond acceptors (Lipinski definition) is 9. The van der Waals surface area contributed by atoms with Crippen molar-refractivity contribution >= 4 is 33.6 Å². The normalized spacial score (nSPS) is 11.5. The average Bonchev–Trinajstić information content (AvgIpc) is 3.08. The molecule has 0 saturated carbocycles. The molecule has 0 N–H and O–H groups in total. The zero-order valence-electron chi connectivity index (χ0n) is 16.2. The number of hydrogen-bond donors (Lipinski definition) is 0. The van der Waals surface area contributed by atoms with Gasteiger partial charge in [-0.25, -0.2) is 0 Å². The second kappa shape index (κ2) is 8.36. The topological polar surface area (TPSA) is 156 Å². The molecule has 12 heteroatoms. The van der Waals surface area contributed by atoms with Gasteiger partial charge >= 0.3 is 15.8 Å². The average molecular weight is 445 g/mol. The summed E-state index contributed by atoms with van der Waals surface area (Å²) in [5.41, 5.74) is 0.479. The van der Waals surface area contributed by atoms with E-state index in [0.29, 0.717) is 11.1 Å². The third-order valence-electron chi connectivity index (χ3n) is 4.22. The quantitative estimate of drug-likeness (QED) is 0.297.